The van der Waals surface area contributed by atoms with Gasteiger partial charge >= 0.3 is 18.2 Å². The highest BCUT2D eigenvalue weighted by Crippen LogP contribution is 2.21. The minimum Gasteiger partial charge on any atom is -0.467 e. The maximum Gasteiger partial charge on any atom is 0.389 e. The molecule has 0 amide bonds. The largest absolute Gasteiger partial charge is 0.467 e. The Morgan fingerprint density at radius 2 is 1.89 bits per heavy atom. The summed E-state index contributed by atoms with van der Waals surface area (Å²) in [5.41, 5.74) is 2.15. The average Bonchev–Trinajstić information content (AvgIpc) is 2.33. The summed E-state index contributed by atoms with van der Waals surface area (Å²) in [4.78, 5) is 11.1. The number of nitrogen functional groups attached to an aromatic ring is 1. The molecule has 0 atom stereocenters. The summed E-state index contributed by atoms with van der Waals surface area (Å²) in [6.07, 6.45) is -5.33. The molecule has 0 aliphatic rings. The summed E-state index contributed by atoms with van der Waals surface area (Å²) in [7, 11) is 1.32. The molecular weight excluding hydrogens is 255 g/mol. The lowest BCUT2D eigenvalue weighted by Gasteiger charge is -2.08. The molecule has 3 N–H and O–H groups in total. The van der Waals surface area contributed by atoms with E-state index in [1.54, 1.807) is 0 Å². The van der Waals surface area contributed by atoms with Gasteiger partial charge in [-0.3, -0.25) is 5.43 Å². The van der Waals surface area contributed by atoms with E-state index in [-0.39, 0.29) is 31.0 Å². The van der Waals surface area contributed by atoms with Crippen LogP contribution in [0.1, 0.15) is 12.8 Å². The van der Waals surface area contributed by atoms with Crippen LogP contribution < -0.4 is 20.7 Å². The van der Waals surface area contributed by atoms with Gasteiger partial charge in [0, 0.05) is 6.42 Å². The molecule has 102 valence electrons. The van der Waals surface area contributed by atoms with E-state index in [9.17, 15) is 13.2 Å². The smallest absolute Gasteiger partial charge is 0.389 e. The Kier molecular flexibility index (Phi) is 4.89. The molecule has 1 aromatic heterocycles. The summed E-state index contributed by atoms with van der Waals surface area (Å²) in [5.74, 6) is 5.08. The van der Waals surface area contributed by atoms with E-state index in [0.717, 1.165) is 0 Å². The van der Waals surface area contributed by atoms with Crippen LogP contribution in [-0.4, -0.2) is 34.8 Å². The van der Waals surface area contributed by atoms with Gasteiger partial charge in [-0.05, 0) is 6.42 Å². The van der Waals surface area contributed by atoms with Crippen LogP contribution in [0.15, 0.2) is 0 Å². The first kappa shape index (κ1) is 14.2. The number of halogens is 3. The number of ether oxygens (including phenoxy) is 2. The molecule has 1 rings (SSSR count). The van der Waals surface area contributed by atoms with Crippen molar-refractivity contribution in [2.24, 2.45) is 5.84 Å². The zero-order valence-electron chi connectivity index (χ0n) is 9.49. The van der Waals surface area contributed by atoms with Crippen molar-refractivity contribution in [1.82, 2.24) is 15.0 Å². The van der Waals surface area contributed by atoms with Crippen molar-refractivity contribution in [1.29, 1.82) is 0 Å². The zero-order chi connectivity index (χ0) is 13.6. The zero-order valence-corrected chi connectivity index (χ0v) is 9.49. The highest BCUT2D eigenvalue weighted by Gasteiger charge is 2.26. The molecule has 0 saturated heterocycles. The Labute approximate surface area is 100 Å². The molecule has 0 fully saturated rings. The maximum absolute atomic E-state index is 11.9. The minimum absolute atomic E-state index is 0.00679. The Bertz CT molecular complexity index is 365. The van der Waals surface area contributed by atoms with Crippen molar-refractivity contribution in [3.63, 3.8) is 0 Å². The van der Waals surface area contributed by atoms with Crippen molar-refractivity contribution in [2.45, 2.75) is 19.0 Å². The van der Waals surface area contributed by atoms with Gasteiger partial charge in [-0.2, -0.15) is 23.1 Å². The fraction of sp³-hybridized carbons (Fsp3) is 0.625. The Balaban J connectivity index is 2.51. The lowest BCUT2D eigenvalue weighted by molar-refractivity contribution is -0.136. The van der Waals surface area contributed by atoms with E-state index >= 15 is 0 Å². The molecule has 10 heteroatoms. The van der Waals surface area contributed by atoms with Crippen molar-refractivity contribution in [2.75, 3.05) is 19.1 Å². The van der Waals surface area contributed by atoms with Gasteiger partial charge in [-0.1, -0.05) is 0 Å². The highest BCUT2D eigenvalue weighted by molar-refractivity contribution is 5.25. The fourth-order valence-electron chi connectivity index (χ4n) is 0.994. The van der Waals surface area contributed by atoms with Crippen LogP contribution in [-0.2, 0) is 0 Å². The Hall–Kier alpha value is -1.84. The quantitative estimate of drug-likeness (QED) is 0.449. The number of methoxy groups -OCH3 is 1. The summed E-state index contributed by atoms with van der Waals surface area (Å²) < 4.78 is 45.3. The molecule has 18 heavy (non-hydrogen) atoms. The van der Waals surface area contributed by atoms with Crippen molar-refractivity contribution in [3.8, 4) is 12.0 Å². The van der Waals surface area contributed by atoms with E-state index < -0.39 is 12.6 Å². The van der Waals surface area contributed by atoms with Gasteiger partial charge in [0.1, 0.15) is 0 Å². The molecule has 7 nitrogen and oxygen atoms in total. The van der Waals surface area contributed by atoms with Crippen LogP contribution in [0.25, 0.3) is 0 Å². The molecular formula is C8H12F3N5O2. The van der Waals surface area contributed by atoms with Crippen LogP contribution in [0.3, 0.4) is 0 Å². The fourth-order valence-corrected chi connectivity index (χ4v) is 0.994. The first-order valence-electron chi connectivity index (χ1n) is 4.91. The SMILES string of the molecule is COc1nc(NN)nc(OCCCC(F)(F)F)n1. The number of anilines is 1. The second-order valence-electron chi connectivity index (χ2n) is 3.14. The topological polar surface area (TPSA) is 95.2 Å². The van der Waals surface area contributed by atoms with Gasteiger partial charge in [0.15, 0.2) is 0 Å². The Morgan fingerprint density at radius 1 is 1.22 bits per heavy atom. The Morgan fingerprint density at radius 3 is 2.44 bits per heavy atom. The third-order valence-electron chi connectivity index (χ3n) is 1.74. The first-order valence-corrected chi connectivity index (χ1v) is 4.91. The summed E-state index contributed by atoms with van der Waals surface area (Å²) in [6, 6.07) is -0.208. The number of nitrogens with two attached hydrogens (primary N) is 1. The van der Waals surface area contributed by atoms with Gasteiger partial charge in [-0.25, -0.2) is 5.84 Å². The van der Waals surface area contributed by atoms with Gasteiger partial charge in [0.25, 0.3) is 0 Å². The number of hydrazine groups is 1. The van der Waals surface area contributed by atoms with Crippen molar-refractivity contribution < 1.29 is 22.6 Å². The van der Waals surface area contributed by atoms with Crippen molar-refractivity contribution in [3.05, 3.63) is 0 Å². The standard InChI is InChI=1S/C8H12F3N5O2/c1-17-6-13-5(16-12)14-7(15-6)18-4-2-3-8(9,10)11/h2-4,12H2,1H3,(H,13,14,15,16). The van der Waals surface area contributed by atoms with E-state index in [1.807, 2.05) is 0 Å². The van der Waals surface area contributed by atoms with E-state index in [4.69, 9.17) is 15.3 Å². The third kappa shape index (κ3) is 4.99. The third-order valence-corrected chi connectivity index (χ3v) is 1.74. The molecule has 0 aliphatic carbocycles. The lowest BCUT2D eigenvalue weighted by Crippen LogP contribution is -2.14. The summed E-state index contributed by atoms with van der Waals surface area (Å²) >= 11 is 0. The van der Waals surface area contributed by atoms with Crippen LogP contribution in [0, 0.1) is 0 Å². The molecule has 0 spiro atoms. The number of hydrogen-bond acceptors (Lipinski definition) is 7. The number of aromatic nitrogens is 3. The van der Waals surface area contributed by atoms with Crippen molar-refractivity contribution >= 4 is 5.95 Å². The summed E-state index contributed by atoms with van der Waals surface area (Å²) in [6.45, 7) is -0.170. The molecule has 0 unspecified atom stereocenters. The number of nitrogens with zero attached hydrogens (tertiary/aromatic N) is 3. The molecule has 0 saturated carbocycles. The van der Waals surface area contributed by atoms with Crippen LogP contribution in [0.2, 0.25) is 0 Å². The van der Waals surface area contributed by atoms with Gasteiger partial charge in [-0.15, -0.1) is 4.98 Å². The van der Waals surface area contributed by atoms with Crippen LogP contribution >= 0.6 is 0 Å². The average molecular weight is 267 g/mol. The monoisotopic (exact) mass is 267 g/mol. The molecule has 0 aliphatic heterocycles. The van der Waals surface area contributed by atoms with Gasteiger partial charge < -0.3 is 9.47 Å². The van der Waals surface area contributed by atoms with E-state index in [0.29, 0.717) is 0 Å². The van der Waals surface area contributed by atoms with Crippen LogP contribution in [0.4, 0.5) is 19.1 Å². The second-order valence-corrected chi connectivity index (χ2v) is 3.14. The number of alkyl halides is 3. The molecule has 0 aromatic carbocycles. The normalized spacial score (nSPS) is 11.2. The predicted molar refractivity (Wildman–Crippen MR) is 55.0 cm³/mol. The maximum atomic E-state index is 11.9. The predicted octanol–water partition coefficient (Wildman–Crippen LogP) is 0.887. The minimum atomic E-state index is -4.20. The van der Waals surface area contributed by atoms with Gasteiger partial charge in [0.05, 0.1) is 13.7 Å². The number of nitrogens with one attached hydrogen (secondary N) is 1. The second kappa shape index (κ2) is 6.19. The molecule has 1 heterocycles. The highest BCUT2D eigenvalue weighted by atomic mass is 19.4. The van der Waals surface area contributed by atoms with Gasteiger partial charge in [0.2, 0.25) is 5.95 Å². The molecule has 0 radical (unpaired) electrons. The molecule has 1 aromatic rings. The van der Waals surface area contributed by atoms with E-state index in [1.165, 1.54) is 7.11 Å². The van der Waals surface area contributed by atoms with Crippen LogP contribution in [0.5, 0.6) is 12.0 Å². The first-order chi connectivity index (χ1) is 8.44. The van der Waals surface area contributed by atoms with E-state index in [2.05, 4.69) is 20.4 Å². The number of hydrogen-bond donors (Lipinski definition) is 2. The molecule has 0 bridgehead atoms. The lowest BCUT2D eigenvalue weighted by atomic mass is 10.3. The number of rotatable bonds is 6. The summed E-state index contributed by atoms with van der Waals surface area (Å²) in [5, 5.41) is 0.